The van der Waals surface area contributed by atoms with E-state index >= 15 is 0 Å². The van der Waals surface area contributed by atoms with Crippen LogP contribution in [0.4, 0.5) is 0 Å². The Labute approximate surface area is 148 Å². The summed E-state index contributed by atoms with van der Waals surface area (Å²) >= 11 is 0. The summed E-state index contributed by atoms with van der Waals surface area (Å²) in [5, 5.41) is 12.1. The van der Waals surface area contributed by atoms with Gasteiger partial charge in [0.15, 0.2) is 0 Å². The third-order valence-corrected chi connectivity index (χ3v) is 6.02. The smallest absolute Gasteiger partial charge is 0.337 e. The third kappa shape index (κ3) is 4.58. The van der Waals surface area contributed by atoms with Gasteiger partial charge in [-0.3, -0.25) is 4.79 Å². The molecule has 2 rings (SSSR count). The van der Waals surface area contributed by atoms with E-state index in [-0.39, 0.29) is 40.9 Å². The molecule has 0 spiro atoms. The molecule has 138 valence electrons. The van der Waals surface area contributed by atoms with Crippen LogP contribution in [0.25, 0.3) is 0 Å². The highest BCUT2D eigenvalue weighted by Crippen LogP contribution is 2.26. The second-order valence-corrected chi connectivity index (χ2v) is 9.13. The van der Waals surface area contributed by atoms with Gasteiger partial charge in [0.2, 0.25) is 15.9 Å². The number of hydrogen-bond acceptors (Lipinski definition) is 4. The van der Waals surface area contributed by atoms with Crippen molar-refractivity contribution >= 4 is 21.9 Å². The molecule has 1 aromatic rings. The summed E-state index contributed by atoms with van der Waals surface area (Å²) in [6, 6.07) is 5.57. The molecular formula is C17H24N2O5S. The van der Waals surface area contributed by atoms with Crippen molar-refractivity contribution in [3.05, 3.63) is 29.8 Å². The number of carbonyl (C=O) groups is 2. The summed E-state index contributed by atoms with van der Waals surface area (Å²) in [5.41, 5.74) is -0.573. The monoisotopic (exact) mass is 368 g/mol. The lowest BCUT2D eigenvalue weighted by Gasteiger charge is -2.32. The summed E-state index contributed by atoms with van der Waals surface area (Å²) in [7, 11) is -3.90. The highest BCUT2D eigenvalue weighted by atomic mass is 32.2. The summed E-state index contributed by atoms with van der Waals surface area (Å²) in [5.74, 6) is -1.59. The minimum absolute atomic E-state index is 0.0736. The number of nitrogens with one attached hydrogen (secondary N) is 1. The molecule has 1 amide bonds. The van der Waals surface area contributed by atoms with E-state index in [0.29, 0.717) is 12.8 Å². The zero-order chi connectivity index (χ0) is 18.8. The first-order valence-corrected chi connectivity index (χ1v) is 9.61. The van der Waals surface area contributed by atoms with Crippen molar-refractivity contribution in [3.63, 3.8) is 0 Å². The highest BCUT2D eigenvalue weighted by Gasteiger charge is 2.34. The SMILES string of the molecule is CC(C)(C)NC(=O)C1CCN(S(=O)(=O)c2ccccc2C(=O)O)CC1. The number of carbonyl (C=O) groups excluding carboxylic acids is 1. The lowest BCUT2D eigenvalue weighted by Crippen LogP contribution is -2.47. The number of benzene rings is 1. The van der Waals surface area contributed by atoms with Crippen molar-refractivity contribution in [2.45, 2.75) is 44.0 Å². The van der Waals surface area contributed by atoms with Crippen molar-refractivity contribution in [2.24, 2.45) is 5.92 Å². The van der Waals surface area contributed by atoms with Gasteiger partial charge in [-0.15, -0.1) is 0 Å². The van der Waals surface area contributed by atoms with Gasteiger partial charge in [0, 0.05) is 24.5 Å². The Morgan fingerprint density at radius 3 is 2.24 bits per heavy atom. The normalized spacial score (nSPS) is 17.2. The Kier molecular flexibility index (Phi) is 5.53. The first-order valence-electron chi connectivity index (χ1n) is 8.17. The number of piperidine rings is 1. The average molecular weight is 368 g/mol. The molecule has 7 nitrogen and oxygen atoms in total. The Balaban J connectivity index is 2.12. The van der Waals surface area contributed by atoms with E-state index in [4.69, 9.17) is 0 Å². The van der Waals surface area contributed by atoms with Crippen molar-refractivity contribution in [2.75, 3.05) is 13.1 Å². The van der Waals surface area contributed by atoms with Gasteiger partial charge in [0.25, 0.3) is 0 Å². The first kappa shape index (κ1) is 19.4. The zero-order valence-corrected chi connectivity index (χ0v) is 15.5. The van der Waals surface area contributed by atoms with Crippen LogP contribution in [-0.4, -0.2) is 48.3 Å². The highest BCUT2D eigenvalue weighted by molar-refractivity contribution is 7.89. The van der Waals surface area contributed by atoms with Gasteiger partial charge in [-0.2, -0.15) is 4.31 Å². The summed E-state index contributed by atoms with van der Waals surface area (Å²) < 4.78 is 26.8. The van der Waals surface area contributed by atoms with Crippen LogP contribution in [0.5, 0.6) is 0 Å². The van der Waals surface area contributed by atoms with E-state index in [2.05, 4.69) is 5.32 Å². The molecule has 1 heterocycles. The van der Waals surface area contributed by atoms with Crippen LogP contribution < -0.4 is 5.32 Å². The molecule has 0 bridgehead atoms. The van der Waals surface area contributed by atoms with Crippen LogP contribution in [0.1, 0.15) is 44.0 Å². The molecule has 1 aliphatic rings. The molecule has 0 saturated carbocycles. The Morgan fingerprint density at radius 2 is 1.72 bits per heavy atom. The predicted octanol–water partition coefficient (Wildman–Crippen LogP) is 1.70. The van der Waals surface area contributed by atoms with E-state index in [1.54, 1.807) is 0 Å². The van der Waals surface area contributed by atoms with E-state index in [1.165, 1.54) is 28.6 Å². The van der Waals surface area contributed by atoms with Crippen LogP contribution >= 0.6 is 0 Å². The van der Waals surface area contributed by atoms with Crippen molar-refractivity contribution in [1.29, 1.82) is 0 Å². The van der Waals surface area contributed by atoms with Gasteiger partial charge in [-0.1, -0.05) is 12.1 Å². The number of carboxylic acids is 1. The average Bonchev–Trinajstić information content (AvgIpc) is 2.53. The molecule has 1 aromatic carbocycles. The van der Waals surface area contributed by atoms with Crippen LogP contribution in [0.15, 0.2) is 29.2 Å². The van der Waals surface area contributed by atoms with Gasteiger partial charge in [0.1, 0.15) is 0 Å². The molecule has 2 N–H and O–H groups in total. The Bertz CT molecular complexity index is 759. The number of rotatable bonds is 4. The van der Waals surface area contributed by atoms with Gasteiger partial charge >= 0.3 is 5.97 Å². The van der Waals surface area contributed by atoms with Gasteiger partial charge < -0.3 is 10.4 Å². The minimum atomic E-state index is -3.90. The second-order valence-electron chi connectivity index (χ2n) is 7.22. The number of carboxylic acid groups (broad SMARTS) is 1. The summed E-state index contributed by atoms with van der Waals surface area (Å²) in [6.07, 6.45) is 0.826. The molecule has 0 atom stereocenters. The fourth-order valence-corrected chi connectivity index (χ4v) is 4.49. The Morgan fingerprint density at radius 1 is 1.16 bits per heavy atom. The quantitative estimate of drug-likeness (QED) is 0.842. The maximum Gasteiger partial charge on any atom is 0.337 e. The summed E-state index contributed by atoms with van der Waals surface area (Å²) in [4.78, 5) is 23.3. The largest absolute Gasteiger partial charge is 0.478 e. The third-order valence-electron chi connectivity index (χ3n) is 4.06. The predicted molar refractivity (Wildman–Crippen MR) is 92.8 cm³/mol. The van der Waals surface area contributed by atoms with Crippen LogP contribution in [0, 0.1) is 5.92 Å². The fraction of sp³-hybridized carbons (Fsp3) is 0.529. The van der Waals surface area contributed by atoms with Crippen LogP contribution in [0.3, 0.4) is 0 Å². The number of amides is 1. The lowest BCUT2D eigenvalue weighted by atomic mass is 9.96. The molecule has 0 aromatic heterocycles. The van der Waals surface area contributed by atoms with Crippen LogP contribution in [-0.2, 0) is 14.8 Å². The molecule has 25 heavy (non-hydrogen) atoms. The van der Waals surface area contributed by atoms with E-state index < -0.39 is 16.0 Å². The fourth-order valence-electron chi connectivity index (χ4n) is 2.84. The molecule has 1 fully saturated rings. The molecular weight excluding hydrogens is 344 g/mol. The molecule has 1 aliphatic heterocycles. The minimum Gasteiger partial charge on any atom is -0.478 e. The summed E-state index contributed by atoms with van der Waals surface area (Å²) in [6.45, 7) is 6.07. The molecule has 0 unspecified atom stereocenters. The standard InChI is InChI=1S/C17H24N2O5S/c1-17(2,3)18-15(20)12-8-10-19(11-9-12)25(23,24)14-7-5-4-6-13(14)16(21)22/h4-7,12H,8-11H2,1-3H3,(H,18,20)(H,21,22). The molecule has 0 aliphatic carbocycles. The molecule has 0 radical (unpaired) electrons. The maximum atomic E-state index is 12.8. The molecule has 1 saturated heterocycles. The van der Waals surface area contributed by atoms with Crippen molar-refractivity contribution in [1.82, 2.24) is 9.62 Å². The number of nitrogens with zero attached hydrogens (tertiary/aromatic N) is 1. The zero-order valence-electron chi connectivity index (χ0n) is 14.7. The second kappa shape index (κ2) is 7.13. The lowest BCUT2D eigenvalue weighted by molar-refractivity contribution is -0.127. The number of sulfonamides is 1. The first-order chi connectivity index (χ1) is 11.5. The Hall–Kier alpha value is -1.93. The topological polar surface area (TPSA) is 104 Å². The van der Waals surface area contributed by atoms with Crippen LogP contribution in [0.2, 0.25) is 0 Å². The van der Waals surface area contributed by atoms with Gasteiger partial charge in [-0.25, -0.2) is 13.2 Å². The van der Waals surface area contributed by atoms with Gasteiger partial charge in [-0.05, 0) is 45.7 Å². The number of hydrogen-bond donors (Lipinski definition) is 2. The maximum absolute atomic E-state index is 12.8. The molecule has 8 heteroatoms. The van der Waals surface area contributed by atoms with Gasteiger partial charge in [0.05, 0.1) is 10.5 Å². The van der Waals surface area contributed by atoms with E-state index in [1.807, 2.05) is 20.8 Å². The van der Waals surface area contributed by atoms with Crippen molar-refractivity contribution < 1.29 is 23.1 Å². The number of aromatic carboxylic acids is 1. The van der Waals surface area contributed by atoms with Crippen molar-refractivity contribution in [3.8, 4) is 0 Å². The van der Waals surface area contributed by atoms with E-state index in [9.17, 15) is 23.1 Å². The van der Waals surface area contributed by atoms with E-state index in [0.717, 1.165) is 0 Å².